The van der Waals surface area contributed by atoms with Crippen molar-refractivity contribution in [3.63, 3.8) is 0 Å². The molecule has 6 rings (SSSR count). The molecule has 47 heavy (non-hydrogen) atoms. The third-order valence-electron chi connectivity index (χ3n) is 7.27. The Morgan fingerprint density at radius 2 is 1.74 bits per heavy atom. The maximum Gasteiger partial charge on any atom is 0.311 e. The Labute approximate surface area is 272 Å². The fraction of sp³-hybridized carbons (Fsp3) is 0.176. The molecule has 3 heterocycles. The van der Waals surface area contributed by atoms with Crippen LogP contribution in [0.3, 0.4) is 0 Å². The number of hydrogen-bond donors (Lipinski definition) is 0. The van der Waals surface area contributed by atoms with Gasteiger partial charge in [0.1, 0.15) is 5.69 Å². The van der Waals surface area contributed by atoms with Crippen LogP contribution in [0, 0.1) is 10.1 Å². The molecule has 0 aliphatic carbocycles. The number of methoxy groups -OCH3 is 2. The van der Waals surface area contributed by atoms with Crippen LogP contribution >= 0.6 is 11.3 Å². The Balaban J connectivity index is 1.34. The van der Waals surface area contributed by atoms with Crippen LogP contribution < -0.4 is 24.3 Å². The van der Waals surface area contributed by atoms with Gasteiger partial charge in [0.2, 0.25) is 4.96 Å². The first kappa shape index (κ1) is 31.2. The molecule has 0 fully saturated rings. The molecule has 0 bridgehead atoms. The van der Waals surface area contributed by atoms with Crippen LogP contribution in [-0.2, 0) is 0 Å². The first-order chi connectivity index (χ1) is 22.9. The summed E-state index contributed by atoms with van der Waals surface area (Å²) >= 11 is 1.19. The van der Waals surface area contributed by atoms with Gasteiger partial charge in [-0.15, -0.1) is 5.10 Å². The molecule has 0 atom stereocenters. The molecular formula is C34H30N6O6S. The molecule has 0 aliphatic rings. The van der Waals surface area contributed by atoms with Crippen LogP contribution in [-0.4, -0.2) is 50.1 Å². The molecule has 6 aromatic rings. The minimum atomic E-state index is -0.504. The summed E-state index contributed by atoms with van der Waals surface area (Å²) in [7, 11) is 2.98. The van der Waals surface area contributed by atoms with E-state index in [0.29, 0.717) is 50.2 Å². The van der Waals surface area contributed by atoms with E-state index in [1.807, 2.05) is 54.6 Å². The zero-order valence-corrected chi connectivity index (χ0v) is 26.6. The monoisotopic (exact) mass is 650 g/mol. The normalized spacial score (nSPS) is 11.9. The number of nitro groups is 1. The van der Waals surface area contributed by atoms with Crippen LogP contribution in [0.15, 0.2) is 77.7 Å². The number of fused-ring (bicyclic) bond motifs is 1. The lowest BCUT2D eigenvalue weighted by atomic mass is 10.1. The van der Waals surface area contributed by atoms with Gasteiger partial charge in [-0.1, -0.05) is 55.0 Å². The van der Waals surface area contributed by atoms with Gasteiger partial charge in [-0.3, -0.25) is 14.9 Å². The lowest BCUT2D eigenvalue weighted by molar-refractivity contribution is -0.385. The Morgan fingerprint density at radius 1 is 0.957 bits per heavy atom. The molecule has 0 amide bonds. The van der Waals surface area contributed by atoms with Crippen LogP contribution in [0.25, 0.3) is 40.1 Å². The summed E-state index contributed by atoms with van der Waals surface area (Å²) in [5, 5.41) is 20.9. The van der Waals surface area contributed by atoms with Gasteiger partial charge >= 0.3 is 5.69 Å². The highest BCUT2D eigenvalue weighted by atomic mass is 32.1. The number of benzene rings is 3. The fourth-order valence-corrected chi connectivity index (χ4v) is 5.78. The lowest BCUT2D eigenvalue weighted by Gasteiger charge is -2.10. The number of nitro benzene ring substituents is 1. The number of para-hydroxylation sites is 1. The SMILES string of the molecule is CCCCOc1ccc(/C=C/c2nc3s/c(=C\c4cn(-c5ccccc5)nc4-c4ccc(OC)c([N+](=O)[O-])c4)c(=O)n3n2)cc1OC. The van der Waals surface area contributed by atoms with Crippen molar-refractivity contribution < 1.29 is 19.1 Å². The summed E-state index contributed by atoms with van der Waals surface area (Å²) in [5.41, 5.74) is 2.66. The molecule has 3 aromatic heterocycles. The van der Waals surface area contributed by atoms with Gasteiger partial charge in [-0.25, -0.2) is 4.68 Å². The molecule has 0 saturated heterocycles. The van der Waals surface area contributed by atoms with Gasteiger partial charge < -0.3 is 14.2 Å². The average Bonchev–Trinajstić information content (AvgIpc) is 3.78. The molecule has 0 saturated carbocycles. The Hall–Kier alpha value is -5.82. The Kier molecular flexibility index (Phi) is 9.06. The van der Waals surface area contributed by atoms with Crippen molar-refractivity contribution in [1.29, 1.82) is 0 Å². The summed E-state index contributed by atoms with van der Waals surface area (Å²) in [5.74, 6) is 1.83. The first-order valence-electron chi connectivity index (χ1n) is 14.8. The molecule has 0 spiro atoms. The number of unbranched alkanes of at least 4 members (excludes halogenated alkanes) is 1. The van der Waals surface area contributed by atoms with Crippen molar-refractivity contribution in [2.24, 2.45) is 0 Å². The van der Waals surface area contributed by atoms with Crippen molar-refractivity contribution in [2.75, 3.05) is 20.8 Å². The number of rotatable bonds is 12. The number of ether oxygens (including phenoxy) is 3. The standard InChI is InChI=1S/C34H30N6O6S/c1-4-5-17-46-28-14-11-22(18-29(28)45-3)12-16-31-35-34-39(36-31)33(41)30(47-34)20-24-21-38(25-9-7-6-8-10-25)37-32(24)23-13-15-27(44-2)26(19-23)40(42)43/h6-16,18-21H,4-5,17H2,1-3H3/b16-12+,30-20-. The third kappa shape index (κ3) is 6.60. The molecule has 0 N–H and O–H groups in total. The zero-order chi connectivity index (χ0) is 32.9. The second-order valence-electron chi connectivity index (χ2n) is 10.4. The molecule has 238 valence electrons. The van der Waals surface area contributed by atoms with Gasteiger partial charge in [0, 0.05) is 23.4 Å². The molecule has 3 aromatic carbocycles. The average molecular weight is 651 g/mol. The highest BCUT2D eigenvalue weighted by molar-refractivity contribution is 7.15. The third-order valence-corrected chi connectivity index (χ3v) is 8.22. The summed E-state index contributed by atoms with van der Waals surface area (Å²) in [4.78, 5) is 29.7. The highest BCUT2D eigenvalue weighted by Crippen LogP contribution is 2.34. The Morgan fingerprint density at radius 3 is 2.47 bits per heavy atom. The highest BCUT2D eigenvalue weighted by Gasteiger charge is 2.20. The van der Waals surface area contributed by atoms with Crippen LogP contribution in [0.5, 0.6) is 17.2 Å². The summed E-state index contributed by atoms with van der Waals surface area (Å²) in [6.07, 6.45) is 9.05. The fourth-order valence-electron chi connectivity index (χ4n) is 4.88. The number of thiazole rings is 1. The maximum absolute atomic E-state index is 13.5. The topological polar surface area (TPSA) is 136 Å². The predicted octanol–water partition coefficient (Wildman–Crippen LogP) is 5.83. The van der Waals surface area contributed by atoms with E-state index >= 15 is 0 Å². The zero-order valence-electron chi connectivity index (χ0n) is 25.8. The van der Waals surface area contributed by atoms with Gasteiger partial charge in [0.25, 0.3) is 5.56 Å². The summed E-state index contributed by atoms with van der Waals surface area (Å²) in [6, 6.07) is 19.7. The lowest BCUT2D eigenvalue weighted by Crippen LogP contribution is -2.23. The quantitative estimate of drug-likeness (QED) is 0.0911. The molecule has 12 nitrogen and oxygen atoms in total. The minimum Gasteiger partial charge on any atom is -0.493 e. The number of hydrogen-bond acceptors (Lipinski definition) is 10. The van der Waals surface area contributed by atoms with Crippen LogP contribution in [0.4, 0.5) is 5.69 Å². The van der Waals surface area contributed by atoms with Crippen LogP contribution in [0.2, 0.25) is 0 Å². The van der Waals surface area contributed by atoms with Gasteiger partial charge in [-0.2, -0.15) is 14.6 Å². The van der Waals surface area contributed by atoms with Gasteiger partial charge in [-0.05, 0) is 60.5 Å². The van der Waals surface area contributed by atoms with Gasteiger partial charge in [0.05, 0.1) is 36.0 Å². The number of aromatic nitrogens is 5. The Bertz CT molecular complexity index is 2210. The van der Waals surface area contributed by atoms with E-state index in [-0.39, 0.29) is 17.0 Å². The molecule has 0 radical (unpaired) electrons. The van der Waals surface area contributed by atoms with E-state index in [1.54, 1.807) is 36.2 Å². The second kappa shape index (κ2) is 13.7. The van der Waals surface area contributed by atoms with Crippen LogP contribution in [0.1, 0.15) is 36.7 Å². The molecule has 0 aliphatic heterocycles. The summed E-state index contributed by atoms with van der Waals surface area (Å²) < 4.78 is 19.8. The van der Waals surface area contributed by atoms with E-state index in [0.717, 1.165) is 24.1 Å². The van der Waals surface area contributed by atoms with Crippen molar-refractivity contribution in [1.82, 2.24) is 24.4 Å². The van der Waals surface area contributed by atoms with E-state index < -0.39 is 4.92 Å². The van der Waals surface area contributed by atoms with E-state index in [4.69, 9.17) is 19.3 Å². The van der Waals surface area contributed by atoms with E-state index in [1.165, 1.54) is 35.1 Å². The van der Waals surface area contributed by atoms with E-state index in [9.17, 15) is 14.9 Å². The molecular weight excluding hydrogens is 620 g/mol. The van der Waals surface area contributed by atoms with Crippen molar-refractivity contribution in [2.45, 2.75) is 19.8 Å². The molecule has 0 unspecified atom stereocenters. The smallest absolute Gasteiger partial charge is 0.311 e. The van der Waals surface area contributed by atoms with Crippen molar-refractivity contribution >= 4 is 40.2 Å². The largest absolute Gasteiger partial charge is 0.493 e. The van der Waals surface area contributed by atoms with E-state index in [2.05, 4.69) is 17.0 Å². The maximum atomic E-state index is 13.5. The van der Waals surface area contributed by atoms with Crippen molar-refractivity contribution in [3.05, 3.63) is 115 Å². The predicted molar refractivity (Wildman–Crippen MR) is 180 cm³/mol. The minimum absolute atomic E-state index is 0.136. The number of nitrogens with zero attached hydrogens (tertiary/aromatic N) is 6. The van der Waals surface area contributed by atoms with Crippen molar-refractivity contribution in [3.8, 4) is 34.2 Å². The second-order valence-corrected chi connectivity index (χ2v) is 11.4. The summed E-state index contributed by atoms with van der Waals surface area (Å²) in [6.45, 7) is 2.73. The van der Waals surface area contributed by atoms with Gasteiger partial charge in [0.15, 0.2) is 23.1 Å². The molecule has 13 heteroatoms. The first-order valence-corrected chi connectivity index (χ1v) is 15.6.